The highest BCUT2D eigenvalue weighted by atomic mass is 16.2. The van der Waals surface area contributed by atoms with Crippen LogP contribution in [0, 0.1) is 35.5 Å². The van der Waals surface area contributed by atoms with Gasteiger partial charge in [0, 0.05) is 5.69 Å². The maximum atomic E-state index is 13.2. The van der Waals surface area contributed by atoms with Crippen molar-refractivity contribution in [3.63, 3.8) is 0 Å². The molecule has 5 nitrogen and oxygen atoms in total. The Morgan fingerprint density at radius 3 is 2.03 bits per heavy atom. The second kappa shape index (κ2) is 6.54. The van der Waals surface area contributed by atoms with E-state index in [4.69, 9.17) is 0 Å². The van der Waals surface area contributed by atoms with Crippen LogP contribution in [0.5, 0.6) is 0 Å². The number of carbonyl (C=O) groups excluding carboxylic acids is 3. The van der Waals surface area contributed by atoms with Gasteiger partial charge in [-0.25, -0.2) is 0 Å². The molecule has 1 N–H and O–H groups in total. The number of allylic oxidation sites excluding steroid dienone is 2. The minimum Gasteiger partial charge on any atom is -0.324 e. The molecule has 29 heavy (non-hydrogen) atoms. The third kappa shape index (κ3) is 2.55. The number of anilines is 1. The van der Waals surface area contributed by atoms with E-state index in [2.05, 4.69) is 31.3 Å². The van der Waals surface area contributed by atoms with Crippen molar-refractivity contribution < 1.29 is 14.4 Å². The van der Waals surface area contributed by atoms with Crippen molar-refractivity contribution in [1.82, 2.24) is 4.90 Å². The Hall–Kier alpha value is -2.43. The van der Waals surface area contributed by atoms with Crippen molar-refractivity contribution in [3.8, 4) is 0 Å². The summed E-state index contributed by atoms with van der Waals surface area (Å²) in [4.78, 5) is 40.9. The molecule has 4 aliphatic carbocycles. The van der Waals surface area contributed by atoms with Crippen LogP contribution in [0.2, 0.25) is 0 Å². The molecule has 152 valence electrons. The Labute approximate surface area is 171 Å². The minimum absolute atomic E-state index is 0.146. The van der Waals surface area contributed by atoms with Crippen molar-refractivity contribution >= 4 is 23.4 Å². The Kier molecular flexibility index (Phi) is 4.19. The van der Waals surface area contributed by atoms with E-state index in [1.165, 1.54) is 4.90 Å². The standard InChI is InChI=1S/C24H28N2O3/c1-4-13-7-6-8-14(5-2)21(13)25-22(27)12(3)26-23(28)19-15-9-10-16(18-11-17(15)18)20(19)24(26)29/h6-10,12,15-20H,4-5,11H2,1-3H3,(H,25,27)/t12-,15-,16-,17-,18-,19-,20+/m1/s1. The predicted molar refractivity (Wildman–Crippen MR) is 110 cm³/mol. The molecule has 1 aromatic rings. The van der Waals surface area contributed by atoms with E-state index in [0.29, 0.717) is 11.8 Å². The van der Waals surface area contributed by atoms with E-state index >= 15 is 0 Å². The Balaban J connectivity index is 1.39. The van der Waals surface area contributed by atoms with E-state index in [1.54, 1.807) is 6.92 Å². The molecule has 0 radical (unpaired) electrons. The van der Waals surface area contributed by atoms with Crippen LogP contribution in [-0.2, 0) is 27.2 Å². The summed E-state index contributed by atoms with van der Waals surface area (Å²) in [6.07, 6.45) is 7.07. The average Bonchev–Trinajstić information content (AvgIpc) is 3.51. The molecule has 7 atom stereocenters. The Bertz CT molecular complexity index is 878. The third-order valence-electron chi connectivity index (χ3n) is 7.71. The summed E-state index contributed by atoms with van der Waals surface area (Å²) in [6.45, 7) is 5.79. The molecule has 1 aromatic carbocycles. The lowest BCUT2D eigenvalue weighted by molar-refractivity contribution is -0.146. The van der Waals surface area contributed by atoms with Gasteiger partial charge in [-0.1, -0.05) is 44.2 Å². The fourth-order valence-electron chi connectivity index (χ4n) is 6.11. The molecule has 5 heteroatoms. The lowest BCUT2D eigenvalue weighted by atomic mass is 9.63. The van der Waals surface area contributed by atoms with Gasteiger partial charge < -0.3 is 5.32 Å². The van der Waals surface area contributed by atoms with E-state index in [0.717, 1.165) is 36.1 Å². The van der Waals surface area contributed by atoms with Crippen LogP contribution < -0.4 is 5.32 Å². The van der Waals surface area contributed by atoms with Crippen LogP contribution in [0.4, 0.5) is 5.69 Å². The van der Waals surface area contributed by atoms with E-state index in [9.17, 15) is 14.4 Å². The molecular weight excluding hydrogens is 364 g/mol. The number of imide groups is 1. The molecule has 6 rings (SSSR count). The summed E-state index contributed by atoms with van der Waals surface area (Å²) in [6, 6.07) is 5.22. The second-order valence-electron chi connectivity index (χ2n) is 9.02. The Morgan fingerprint density at radius 1 is 1.03 bits per heavy atom. The zero-order chi connectivity index (χ0) is 20.4. The highest BCUT2D eigenvalue weighted by Gasteiger charge is 2.67. The summed E-state index contributed by atoms with van der Waals surface area (Å²) in [7, 11) is 0. The number of rotatable bonds is 5. The first-order chi connectivity index (χ1) is 14.0. The summed E-state index contributed by atoms with van der Waals surface area (Å²) in [5.74, 6) is 0.394. The predicted octanol–water partition coefficient (Wildman–Crippen LogP) is 3.19. The molecule has 2 bridgehead atoms. The number of nitrogens with zero attached hydrogens (tertiary/aromatic N) is 1. The normalized spacial score (nSPS) is 34.8. The molecule has 3 amide bonds. The number of hydrogen-bond acceptors (Lipinski definition) is 3. The molecule has 1 saturated heterocycles. The van der Waals surface area contributed by atoms with Crippen molar-refractivity contribution in [3.05, 3.63) is 41.5 Å². The van der Waals surface area contributed by atoms with Crippen LogP contribution in [0.25, 0.3) is 0 Å². The smallest absolute Gasteiger partial charge is 0.247 e. The number of benzene rings is 1. The number of likely N-dealkylation sites (tertiary alicyclic amines) is 1. The quantitative estimate of drug-likeness (QED) is 0.618. The lowest BCUT2D eigenvalue weighted by Crippen LogP contribution is -2.46. The minimum atomic E-state index is -0.800. The van der Waals surface area contributed by atoms with Crippen molar-refractivity contribution in [1.29, 1.82) is 0 Å². The SMILES string of the molecule is CCc1cccc(CC)c1NC(=O)[C@@H](C)N1C(=O)[C@@H]2[C@@H]3C=C[C@H]([C@H]4C[C@H]34)[C@@H]2C1=O. The highest BCUT2D eigenvalue weighted by molar-refractivity contribution is 6.10. The first-order valence-electron chi connectivity index (χ1n) is 10.9. The fraction of sp³-hybridized carbons (Fsp3) is 0.542. The highest BCUT2D eigenvalue weighted by Crippen LogP contribution is 2.65. The largest absolute Gasteiger partial charge is 0.324 e. The molecule has 2 saturated carbocycles. The number of para-hydroxylation sites is 1. The number of hydrogen-bond donors (Lipinski definition) is 1. The van der Waals surface area contributed by atoms with Gasteiger partial charge in [0.2, 0.25) is 17.7 Å². The van der Waals surface area contributed by atoms with Crippen molar-refractivity contribution in [2.24, 2.45) is 35.5 Å². The molecule has 0 aromatic heterocycles. The van der Waals surface area contributed by atoms with E-state index in [-0.39, 0.29) is 41.4 Å². The Morgan fingerprint density at radius 2 is 1.55 bits per heavy atom. The van der Waals surface area contributed by atoms with Gasteiger partial charge in [-0.05, 0) is 61.0 Å². The zero-order valence-corrected chi connectivity index (χ0v) is 17.2. The number of amides is 3. The van der Waals surface area contributed by atoms with Gasteiger partial charge in [0.15, 0.2) is 0 Å². The van der Waals surface area contributed by atoms with Gasteiger partial charge >= 0.3 is 0 Å². The van der Waals surface area contributed by atoms with Crippen LogP contribution in [0.15, 0.2) is 30.4 Å². The third-order valence-corrected chi connectivity index (χ3v) is 7.71. The van der Waals surface area contributed by atoms with Crippen LogP contribution in [0.1, 0.15) is 38.3 Å². The molecular formula is C24H28N2O3. The summed E-state index contributed by atoms with van der Waals surface area (Å²) in [5, 5.41) is 3.04. The molecule has 0 spiro atoms. The number of nitrogens with one attached hydrogen (secondary N) is 1. The van der Waals surface area contributed by atoms with Crippen molar-refractivity contribution in [2.45, 2.75) is 46.1 Å². The van der Waals surface area contributed by atoms with Gasteiger partial charge in [0.05, 0.1) is 11.8 Å². The number of aryl methyl sites for hydroxylation is 2. The summed E-state index contributed by atoms with van der Waals surface area (Å²) < 4.78 is 0. The van der Waals surface area contributed by atoms with Gasteiger partial charge in [0.1, 0.15) is 6.04 Å². The maximum absolute atomic E-state index is 13.2. The van der Waals surface area contributed by atoms with Crippen molar-refractivity contribution in [2.75, 3.05) is 5.32 Å². The van der Waals surface area contributed by atoms with E-state index in [1.807, 2.05) is 18.2 Å². The molecule has 1 aliphatic heterocycles. The van der Waals surface area contributed by atoms with Crippen LogP contribution >= 0.6 is 0 Å². The average molecular weight is 392 g/mol. The van der Waals surface area contributed by atoms with Crippen LogP contribution in [0.3, 0.4) is 0 Å². The topological polar surface area (TPSA) is 66.5 Å². The maximum Gasteiger partial charge on any atom is 0.247 e. The van der Waals surface area contributed by atoms with Gasteiger partial charge in [-0.3, -0.25) is 19.3 Å². The summed E-state index contributed by atoms with van der Waals surface area (Å²) >= 11 is 0. The lowest BCUT2D eigenvalue weighted by Gasteiger charge is -2.37. The summed E-state index contributed by atoms with van der Waals surface area (Å²) in [5.41, 5.74) is 2.97. The molecule has 5 aliphatic rings. The zero-order valence-electron chi connectivity index (χ0n) is 17.2. The monoisotopic (exact) mass is 392 g/mol. The second-order valence-corrected chi connectivity index (χ2v) is 9.02. The van der Waals surface area contributed by atoms with E-state index < -0.39 is 6.04 Å². The fourth-order valence-corrected chi connectivity index (χ4v) is 6.11. The molecule has 1 heterocycles. The van der Waals surface area contributed by atoms with Crippen LogP contribution in [-0.4, -0.2) is 28.7 Å². The van der Waals surface area contributed by atoms with Gasteiger partial charge in [0.25, 0.3) is 0 Å². The molecule has 0 unspecified atom stereocenters. The van der Waals surface area contributed by atoms with Gasteiger partial charge in [-0.2, -0.15) is 0 Å². The number of carbonyl (C=O) groups is 3. The first-order valence-corrected chi connectivity index (χ1v) is 10.9. The first kappa shape index (κ1) is 18.6. The van der Waals surface area contributed by atoms with Gasteiger partial charge in [-0.15, -0.1) is 0 Å². The molecule has 3 fully saturated rings.